The van der Waals surface area contributed by atoms with E-state index in [1.54, 1.807) is 6.33 Å². The Kier molecular flexibility index (Phi) is 4.73. The number of nitrogens with zero attached hydrogens (tertiary/aromatic N) is 3. The molecule has 1 aromatic rings. The fourth-order valence-corrected chi connectivity index (χ4v) is 2.11. The number of rotatable bonds is 5. The summed E-state index contributed by atoms with van der Waals surface area (Å²) in [6.45, 7) is 8.77. The average molecular weight is 236 g/mol. The van der Waals surface area contributed by atoms with Crippen molar-refractivity contribution in [2.75, 3.05) is 17.7 Å². The Bertz CT molecular complexity index is 362. The van der Waals surface area contributed by atoms with Gasteiger partial charge in [0.05, 0.1) is 0 Å². The van der Waals surface area contributed by atoms with Crippen molar-refractivity contribution in [3.8, 4) is 0 Å². The van der Waals surface area contributed by atoms with E-state index in [1.807, 2.05) is 0 Å². The standard InChI is InChI=1S/C13H24N4/c1-6-11-12(14)15-8-16-13(11)17(5)10(4)7-9(2)3/h8-10H,6-7H2,1-5H3,(H2,14,15,16). The van der Waals surface area contributed by atoms with Gasteiger partial charge < -0.3 is 10.6 Å². The Balaban J connectivity index is 2.95. The molecule has 1 unspecified atom stereocenters. The Hall–Kier alpha value is -1.32. The van der Waals surface area contributed by atoms with Gasteiger partial charge in [-0.2, -0.15) is 0 Å². The van der Waals surface area contributed by atoms with Crippen LogP contribution in [0, 0.1) is 5.92 Å². The van der Waals surface area contributed by atoms with E-state index in [4.69, 9.17) is 5.73 Å². The second kappa shape index (κ2) is 5.84. The normalized spacial score (nSPS) is 12.8. The third kappa shape index (κ3) is 3.32. The van der Waals surface area contributed by atoms with Gasteiger partial charge >= 0.3 is 0 Å². The molecular formula is C13H24N4. The van der Waals surface area contributed by atoms with E-state index in [-0.39, 0.29) is 0 Å². The molecule has 0 aliphatic rings. The van der Waals surface area contributed by atoms with Crippen LogP contribution in [0.25, 0.3) is 0 Å². The maximum atomic E-state index is 5.89. The van der Waals surface area contributed by atoms with Crippen molar-refractivity contribution in [1.29, 1.82) is 0 Å². The molecule has 0 saturated carbocycles. The molecule has 0 aliphatic carbocycles. The smallest absolute Gasteiger partial charge is 0.137 e. The monoisotopic (exact) mass is 236 g/mol. The van der Waals surface area contributed by atoms with E-state index in [0.29, 0.717) is 17.8 Å². The van der Waals surface area contributed by atoms with Crippen LogP contribution in [0.2, 0.25) is 0 Å². The lowest BCUT2D eigenvalue weighted by atomic mass is 10.0. The molecule has 0 radical (unpaired) electrons. The molecule has 0 amide bonds. The van der Waals surface area contributed by atoms with Crippen LogP contribution in [0.15, 0.2) is 6.33 Å². The van der Waals surface area contributed by atoms with E-state index in [2.05, 4.69) is 49.6 Å². The average Bonchev–Trinajstić information content (AvgIpc) is 2.26. The van der Waals surface area contributed by atoms with Crippen LogP contribution in [-0.2, 0) is 6.42 Å². The van der Waals surface area contributed by atoms with Crippen LogP contribution in [0.1, 0.15) is 39.7 Å². The van der Waals surface area contributed by atoms with E-state index < -0.39 is 0 Å². The van der Waals surface area contributed by atoms with Crippen molar-refractivity contribution in [3.05, 3.63) is 11.9 Å². The fourth-order valence-electron chi connectivity index (χ4n) is 2.11. The zero-order valence-corrected chi connectivity index (χ0v) is 11.6. The summed E-state index contributed by atoms with van der Waals surface area (Å²) in [4.78, 5) is 10.6. The zero-order valence-electron chi connectivity index (χ0n) is 11.6. The van der Waals surface area contributed by atoms with Gasteiger partial charge in [-0.1, -0.05) is 20.8 Å². The first-order valence-electron chi connectivity index (χ1n) is 6.29. The molecule has 1 rings (SSSR count). The lowest BCUT2D eigenvalue weighted by molar-refractivity contribution is 0.501. The van der Waals surface area contributed by atoms with E-state index >= 15 is 0 Å². The minimum Gasteiger partial charge on any atom is -0.383 e. The molecule has 4 nitrogen and oxygen atoms in total. The Labute approximate surface area is 104 Å². The highest BCUT2D eigenvalue weighted by Gasteiger charge is 2.17. The Morgan fingerprint density at radius 3 is 2.47 bits per heavy atom. The first kappa shape index (κ1) is 13.7. The van der Waals surface area contributed by atoms with E-state index in [0.717, 1.165) is 24.2 Å². The van der Waals surface area contributed by atoms with Gasteiger partial charge in [0, 0.05) is 18.7 Å². The van der Waals surface area contributed by atoms with Crippen molar-refractivity contribution >= 4 is 11.6 Å². The molecule has 0 aliphatic heterocycles. The summed E-state index contributed by atoms with van der Waals surface area (Å²) >= 11 is 0. The predicted molar refractivity (Wildman–Crippen MR) is 73.1 cm³/mol. The highest BCUT2D eigenvalue weighted by Crippen LogP contribution is 2.24. The van der Waals surface area contributed by atoms with Gasteiger partial charge in [0.25, 0.3) is 0 Å². The number of anilines is 2. The highest BCUT2D eigenvalue weighted by atomic mass is 15.2. The van der Waals surface area contributed by atoms with Crippen molar-refractivity contribution in [2.24, 2.45) is 5.92 Å². The number of aromatic nitrogens is 2. The Morgan fingerprint density at radius 1 is 1.29 bits per heavy atom. The minimum absolute atomic E-state index is 0.453. The van der Waals surface area contributed by atoms with Crippen molar-refractivity contribution < 1.29 is 0 Å². The Morgan fingerprint density at radius 2 is 1.94 bits per heavy atom. The topological polar surface area (TPSA) is 55.0 Å². The van der Waals surface area contributed by atoms with Gasteiger partial charge in [-0.15, -0.1) is 0 Å². The van der Waals surface area contributed by atoms with Crippen LogP contribution < -0.4 is 10.6 Å². The SMILES string of the molecule is CCc1c(N)ncnc1N(C)C(C)CC(C)C. The molecule has 0 fully saturated rings. The van der Waals surface area contributed by atoms with Crippen LogP contribution in [0.5, 0.6) is 0 Å². The second-order valence-corrected chi connectivity index (χ2v) is 5.00. The van der Waals surface area contributed by atoms with Crippen LogP contribution in [-0.4, -0.2) is 23.1 Å². The summed E-state index contributed by atoms with van der Waals surface area (Å²) in [7, 11) is 2.08. The number of nitrogens with two attached hydrogens (primary N) is 1. The summed E-state index contributed by atoms with van der Waals surface area (Å²) in [6.07, 6.45) is 3.55. The first-order chi connectivity index (χ1) is 7.97. The van der Waals surface area contributed by atoms with Gasteiger partial charge in [-0.05, 0) is 25.7 Å². The number of nitrogen functional groups attached to an aromatic ring is 1. The largest absolute Gasteiger partial charge is 0.383 e. The van der Waals surface area contributed by atoms with Gasteiger partial charge in [0.1, 0.15) is 18.0 Å². The van der Waals surface area contributed by atoms with Gasteiger partial charge in [0.15, 0.2) is 0 Å². The van der Waals surface area contributed by atoms with Crippen LogP contribution in [0.3, 0.4) is 0 Å². The molecule has 96 valence electrons. The molecule has 0 spiro atoms. The molecule has 2 N–H and O–H groups in total. The maximum Gasteiger partial charge on any atom is 0.137 e. The molecule has 0 saturated heterocycles. The maximum absolute atomic E-state index is 5.89. The summed E-state index contributed by atoms with van der Waals surface area (Å²) in [5, 5.41) is 0. The third-order valence-electron chi connectivity index (χ3n) is 3.12. The molecule has 4 heteroatoms. The van der Waals surface area contributed by atoms with E-state index in [9.17, 15) is 0 Å². The molecule has 0 bridgehead atoms. The summed E-state index contributed by atoms with van der Waals surface area (Å²) in [6, 6.07) is 0.453. The summed E-state index contributed by atoms with van der Waals surface area (Å²) in [5.74, 6) is 2.24. The molecular weight excluding hydrogens is 212 g/mol. The van der Waals surface area contributed by atoms with Crippen molar-refractivity contribution in [3.63, 3.8) is 0 Å². The summed E-state index contributed by atoms with van der Waals surface area (Å²) in [5.41, 5.74) is 6.94. The highest BCUT2D eigenvalue weighted by molar-refractivity contribution is 5.56. The molecule has 17 heavy (non-hydrogen) atoms. The van der Waals surface area contributed by atoms with Crippen molar-refractivity contribution in [2.45, 2.75) is 46.6 Å². The lowest BCUT2D eigenvalue weighted by Crippen LogP contribution is -2.32. The third-order valence-corrected chi connectivity index (χ3v) is 3.12. The first-order valence-corrected chi connectivity index (χ1v) is 6.29. The zero-order chi connectivity index (χ0) is 13.0. The minimum atomic E-state index is 0.453. The van der Waals surface area contributed by atoms with Gasteiger partial charge in [0.2, 0.25) is 0 Å². The molecule has 0 aromatic carbocycles. The quantitative estimate of drug-likeness (QED) is 0.853. The van der Waals surface area contributed by atoms with E-state index in [1.165, 1.54) is 0 Å². The lowest BCUT2D eigenvalue weighted by Gasteiger charge is -2.29. The van der Waals surface area contributed by atoms with Gasteiger partial charge in [-0.25, -0.2) is 9.97 Å². The van der Waals surface area contributed by atoms with Gasteiger partial charge in [-0.3, -0.25) is 0 Å². The molecule has 1 atom stereocenters. The van der Waals surface area contributed by atoms with Crippen LogP contribution >= 0.6 is 0 Å². The number of hydrogen-bond donors (Lipinski definition) is 1. The number of hydrogen-bond acceptors (Lipinski definition) is 4. The second-order valence-electron chi connectivity index (χ2n) is 5.00. The molecule has 1 aromatic heterocycles. The van der Waals surface area contributed by atoms with Crippen LogP contribution in [0.4, 0.5) is 11.6 Å². The van der Waals surface area contributed by atoms with Crippen molar-refractivity contribution in [1.82, 2.24) is 9.97 Å². The molecule has 1 heterocycles. The fraction of sp³-hybridized carbons (Fsp3) is 0.692. The summed E-state index contributed by atoms with van der Waals surface area (Å²) < 4.78 is 0. The predicted octanol–water partition coefficient (Wildman–Crippen LogP) is 2.49.